The Hall–Kier alpha value is -0.160. The standard InChI is InChI=1S/C10H13Br2N3/c1-7-2-3-15(9(7)4-11)10-8(12)5-13-6-14-10/h5-7,9H,2-4H2,1H3. The summed E-state index contributed by atoms with van der Waals surface area (Å²) in [5.74, 6) is 1.73. The van der Waals surface area contributed by atoms with Crippen LogP contribution in [-0.4, -0.2) is 27.9 Å². The molecule has 1 aliphatic heterocycles. The lowest BCUT2D eigenvalue weighted by Gasteiger charge is -2.26. The molecule has 0 aliphatic carbocycles. The van der Waals surface area contributed by atoms with Crippen LogP contribution in [0.2, 0.25) is 0 Å². The van der Waals surface area contributed by atoms with Gasteiger partial charge in [0.2, 0.25) is 0 Å². The average molecular weight is 335 g/mol. The fourth-order valence-corrected chi connectivity index (χ4v) is 3.46. The van der Waals surface area contributed by atoms with Crippen molar-refractivity contribution >= 4 is 37.7 Å². The Bertz CT molecular complexity index is 345. The van der Waals surface area contributed by atoms with Gasteiger partial charge in [0.1, 0.15) is 12.1 Å². The van der Waals surface area contributed by atoms with Gasteiger partial charge in [-0.3, -0.25) is 0 Å². The molecule has 1 aromatic rings. The van der Waals surface area contributed by atoms with E-state index in [1.54, 1.807) is 12.5 Å². The summed E-state index contributed by atoms with van der Waals surface area (Å²) in [4.78, 5) is 10.7. The normalized spacial score (nSPS) is 25.9. The molecule has 0 saturated carbocycles. The van der Waals surface area contributed by atoms with E-state index in [1.165, 1.54) is 6.42 Å². The zero-order chi connectivity index (χ0) is 10.8. The van der Waals surface area contributed by atoms with Crippen LogP contribution < -0.4 is 4.90 Å². The summed E-state index contributed by atoms with van der Waals surface area (Å²) in [6.07, 6.45) is 4.64. The number of hydrogen-bond acceptors (Lipinski definition) is 3. The molecule has 0 spiro atoms. The molecule has 0 aromatic carbocycles. The molecule has 0 N–H and O–H groups in total. The van der Waals surface area contributed by atoms with E-state index in [4.69, 9.17) is 0 Å². The van der Waals surface area contributed by atoms with E-state index in [0.717, 1.165) is 22.2 Å². The lowest BCUT2D eigenvalue weighted by molar-refractivity contribution is 0.552. The largest absolute Gasteiger partial charge is 0.351 e. The lowest BCUT2D eigenvalue weighted by Crippen LogP contribution is -2.34. The molecule has 2 heterocycles. The van der Waals surface area contributed by atoms with E-state index < -0.39 is 0 Å². The number of rotatable bonds is 2. The molecule has 1 aromatic heterocycles. The molecular weight excluding hydrogens is 322 g/mol. The summed E-state index contributed by atoms with van der Waals surface area (Å²) >= 11 is 7.08. The van der Waals surface area contributed by atoms with Gasteiger partial charge >= 0.3 is 0 Å². The molecule has 15 heavy (non-hydrogen) atoms. The molecule has 3 nitrogen and oxygen atoms in total. The van der Waals surface area contributed by atoms with Gasteiger partial charge < -0.3 is 4.90 Å². The van der Waals surface area contributed by atoms with Crippen molar-refractivity contribution in [3.63, 3.8) is 0 Å². The highest BCUT2D eigenvalue weighted by Crippen LogP contribution is 2.32. The molecule has 1 aliphatic rings. The number of nitrogens with zero attached hydrogens (tertiary/aromatic N) is 3. The number of hydrogen-bond donors (Lipinski definition) is 0. The van der Waals surface area contributed by atoms with Crippen LogP contribution in [0.25, 0.3) is 0 Å². The van der Waals surface area contributed by atoms with E-state index in [2.05, 4.69) is 53.7 Å². The van der Waals surface area contributed by atoms with Crippen LogP contribution in [0.15, 0.2) is 17.0 Å². The maximum Gasteiger partial charge on any atom is 0.146 e. The minimum Gasteiger partial charge on any atom is -0.351 e. The van der Waals surface area contributed by atoms with Crippen molar-refractivity contribution < 1.29 is 0 Å². The Labute approximate surface area is 107 Å². The third-order valence-electron chi connectivity index (χ3n) is 2.96. The lowest BCUT2D eigenvalue weighted by atomic mass is 10.1. The van der Waals surface area contributed by atoms with E-state index in [-0.39, 0.29) is 0 Å². The first-order valence-corrected chi connectivity index (χ1v) is 6.93. The first kappa shape index (κ1) is 11.3. The van der Waals surface area contributed by atoms with Crippen molar-refractivity contribution in [1.29, 1.82) is 0 Å². The summed E-state index contributed by atoms with van der Waals surface area (Å²) < 4.78 is 0.977. The summed E-state index contributed by atoms with van der Waals surface area (Å²) in [5.41, 5.74) is 0. The highest BCUT2D eigenvalue weighted by molar-refractivity contribution is 9.10. The van der Waals surface area contributed by atoms with E-state index in [9.17, 15) is 0 Å². The van der Waals surface area contributed by atoms with E-state index in [1.807, 2.05) is 0 Å². The Morgan fingerprint density at radius 2 is 2.40 bits per heavy atom. The number of halogens is 2. The third kappa shape index (κ3) is 2.18. The first-order valence-electron chi connectivity index (χ1n) is 5.02. The third-order valence-corrected chi connectivity index (χ3v) is 4.18. The molecule has 0 bridgehead atoms. The van der Waals surface area contributed by atoms with Crippen LogP contribution in [0.1, 0.15) is 13.3 Å². The van der Waals surface area contributed by atoms with Crippen molar-refractivity contribution in [2.75, 3.05) is 16.8 Å². The second kappa shape index (κ2) is 4.78. The molecule has 2 unspecified atom stereocenters. The van der Waals surface area contributed by atoms with Gasteiger partial charge in [0.25, 0.3) is 0 Å². The minimum absolute atomic E-state index is 0.538. The second-order valence-electron chi connectivity index (χ2n) is 3.88. The summed E-state index contributed by atoms with van der Waals surface area (Å²) in [6, 6.07) is 0.538. The highest BCUT2D eigenvalue weighted by Gasteiger charge is 2.31. The zero-order valence-corrected chi connectivity index (χ0v) is 11.7. The van der Waals surface area contributed by atoms with Crippen LogP contribution in [0.5, 0.6) is 0 Å². The quantitative estimate of drug-likeness (QED) is 0.779. The maximum atomic E-state index is 4.34. The second-order valence-corrected chi connectivity index (χ2v) is 5.38. The number of anilines is 1. The molecule has 2 atom stereocenters. The minimum atomic E-state index is 0.538. The van der Waals surface area contributed by atoms with Crippen LogP contribution in [0.3, 0.4) is 0 Å². The van der Waals surface area contributed by atoms with Gasteiger partial charge in [-0.05, 0) is 28.3 Å². The van der Waals surface area contributed by atoms with Crippen LogP contribution in [-0.2, 0) is 0 Å². The highest BCUT2D eigenvalue weighted by atomic mass is 79.9. The molecule has 82 valence electrons. The Balaban J connectivity index is 2.28. The van der Waals surface area contributed by atoms with Crippen molar-refractivity contribution in [2.45, 2.75) is 19.4 Å². The topological polar surface area (TPSA) is 29.0 Å². The van der Waals surface area contributed by atoms with Gasteiger partial charge in [0.05, 0.1) is 4.47 Å². The monoisotopic (exact) mass is 333 g/mol. The van der Waals surface area contributed by atoms with Crippen molar-refractivity contribution in [3.05, 3.63) is 17.0 Å². The Morgan fingerprint density at radius 1 is 1.60 bits per heavy atom. The van der Waals surface area contributed by atoms with Gasteiger partial charge in [-0.25, -0.2) is 9.97 Å². The molecule has 1 saturated heterocycles. The Morgan fingerprint density at radius 3 is 3.07 bits per heavy atom. The van der Waals surface area contributed by atoms with Crippen LogP contribution in [0.4, 0.5) is 5.82 Å². The molecule has 2 rings (SSSR count). The molecule has 1 fully saturated rings. The molecule has 0 amide bonds. The van der Waals surface area contributed by atoms with Crippen molar-refractivity contribution in [1.82, 2.24) is 9.97 Å². The van der Waals surface area contributed by atoms with Gasteiger partial charge in [-0.2, -0.15) is 0 Å². The predicted molar refractivity (Wildman–Crippen MR) is 68.4 cm³/mol. The van der Waals surface area contributed by atoms with Crippen LogP contribution in [0, 0.1) is 5.92 Å². The SMILES string of the molecule is CC1CCN(c2ncncc2Br)C1CBr. The molecular formula is C10H13Br2N3. The summed E-state index contributed by atoms with van der Waals surface area (Å²) in [6.45, 7) is 3.37. The number of alkyl halides is 1. The van der Waals surface area contributed by atoms with Gasteiger partial charge in [0, 0.05) is 24.1 Å². The zero-order valence-electron chi connectivity index (χ0n) is 8.53. The average Bonchev–Trinajstić information content (AvgIpc) is 2.60. The van der Waals surface area contributed by atoms with E-state index in [0.29, 0.717) is 12.0 Å². The molecule has 0 radical (unpaired) electrons. The number of aromatic nitrogens is 2. The van der Waals surface area contributed by atoms with Crippen LogP contribution >= 0.6 is 31.9 Å². The first-order chi connectivity index (χ1) is 7.24. The fourth-order valence-electron chi connectivity index (χ4n) is 2.02. The van der Waals surface area contributed by atoms with Crippen molar-refractivity contribution in [3.8, 4) is 0 Å². The fraction of sp³-hybridized carbons (Fsp3) is 0.600. The summed E-state index contributed by atoms with van der Waals surface area (Å²) in [5, 5.41) is 0.991. The van der Waals surface area contributed by atoms with Gasteiger partial charge in [0.15, 0.2) is 0 Å². The van der Waals surface area contributed by atoms with Gasteiger partial charge in [-0.15, -0.1) is 0 Å². The maximum absolute atomic E-state index is 4.34. The summed E-state index contributed by atoms with van der Waals surface area (Å²) in [7, 11) is 0. The van der Waals surface area contributed by atoms with E-state index >= 15 is 0 Å². The van der Waals surface area contributed by atoms with Gasteiger partial charge in [-0.1, -0.05) is 22.9 Å². The predicted octanol–water partition coefficient (Wildman–Crippen LogP) is 2.85. The smallest absolute Gasteiger partial charge is 0.146 e. The van der Waals surface area contributed by atoms with Crippen molar-refractivity contribution in [2.24, 2.45) is 5.92 Å². The Kier molecular flexibility index (Phi) is 3.61. The molecule has 5 heteroatoms.